The highest BCUT2D eigenvalue weighted by molar-refractivity contribution is 5.75. The van der Waals surface area contributed by atoms with Crippen molar-refractivity contribution in [2.45, 2.75) is 12.8 Å². The number of rotatable bonds is 6. The van der Waals surface area contributed by atoms with Gasteiger partial charge in [-0.25, -0.2) is 0 Å². The number of nitriles is 1. The predicted octanol–water partition coefficient (Wildman–Crippen LogP) is 3.15. The molecule has 0 unspecified atom stereocenters. The second-order valence-corrected chi connectivity index (χ2v) is 6.40. The molecule has 0 N–H and O–H groups in total. The molecule has 0 aromatic heterocycles. The van der Waals surface area contributed by atoms with Crippen LogP contribution in [0.1, 0.15) is 16.7 Å². The van der Waals surface area contributed by atoms with Crippen molar-refractivity contribution >= 4 is 5.97 Å². The molecule has 5 heteroatoms. The van der Waals surface area contributed by atoms with E-state index in [0.717, 1.165) is 17.5 Å². The van der Waals surface area contributed by atoms with Gasteiger partial charge in [0.25, 0.3) is 0 Å². The third-order valence-electron chi connectivity index (χ3n) is 4.80. The topological polar surface area (TPSA) is 68.5 Å². The Morgan fingerprint density at radius 3 is 2.38 bits per heavy atom. The Hall–Kier alpha value is -3.00. The molecule has 0 amide bonds. The van der Waals surface area contributed by atoms with Gasteiger partial charge < -0.3 is 14.2 Å². The molecule has 1 fully saturated rings. The van der Waals surface area contributed by atoms with E-state index in [1.165, 1.54) is 0 Å². The first kappa shape index (κ1) is 17.8. The molecule has 26 heavy (non-hydrogen) atoms. The van der Waals surface area contributed by atoms with Gasteiger partial charge in [-0.1, -0.05) is 18.2 Å². The average Bonchev–Trinajstić information content (AvgIpc) is 3.02. The number of methoxy groups -OCH3 is 2. The molecule has 1 aliphatic heterocycles. The van der Waals surface area contributed by atoms with Gasteiger partial charge in [0.2, 0.25) is 0 Å². The molecule has 5 nitrogen and oxygen atoms in total. The summed E-state index contributed by atoms with van der Waals surface area (Å²) in [6, 6.07) is 15.3. The molecule has 2 aromatic carbocycles. The first-order chi connectivity index (χ1) is 12.6. The molecule has 0 radical (unpaired) electrons. The van der Waals surface area contributed by atoms with Gasteiger partial charge in [0.05, 0.1) is 38.4 Å². The van der Waals surface area contributed by atoms with Crippen molar-refractivity contribution in [2.75, 3.05) is 20.8 Å². The van der Waals surface area contributed by atoms with E-state index in [2.05, 4.69) is 6.07 Å². The fourth-order valence-electron chi connectivity index (χ4n) is 3.34. The Kier molecular flexibility index (Phi) is 5.43. The van der Waals surface area contributed by atoms with E-state index >= 15 is 0 Å². The molecule has 0 spiro atoms. The van der Waals surface area contributed by atoms with Crippen LogP contribution in [0.15, 0.2) is 42.5 Å². The number of ether oxygens (including phenoxy) is 3. The minimum Gasteiger partial charge on any atom is -0.493 e. The van der Waals surface area contributed by atoms with E-state index < -0.39 is 0 Å². The van der Waals surface area contributed by atoms with Crippen molar-refractivity contribution in [3.8, 4) is 17.6 Å². The number of benzene rings is 2. The van der Waals surface area contributed by atoms with E-state index in [1.54, 1.807) is 26.4 Å². The van der Waals surface area contributed by atoms with Crippen LogP contribution in [0.25, 0.3) is 0 Å². The minimum atomic E-state index is -0.184. The molecule has 2 aromatic rings. The monoisotopic (exact) mass is 351 g/mol. The van der Waals surface area contributed by atoms with Crippen LogP contribution in [0.2, 0.25) is 0 Å². The standard InChI is InChI=1S/C21H21NO4/c1-24-19-8-7-16(11-20(19)25-2)9-17-13-26-21(23)18(17)10-14-3-5-15(12-22)6-4-14/h3-8,11,17-18H,9-10,13H2,1-2H3/t17-,18+/m0/s1. The molecule has 0 bridgehead atoms. The number of carbonyl (C=O) groups is 1. The van der Waals surface area contributed by atoms with E-state index in [0.29, 0.717) is 30.1 Å². The first-order valence-corrected chi connectivity index (χ1v) is 8.51. The maximum Gasteiger partial charge on any atom is 0.309 e. The Labute approximate surface area is 153 Å². The molecular formula is C21H21NO4. The van der Waals surface area contributed by atoms with Gasteiger partial charge in [-0.05, 0) is 48.2 Å². The zero-order chi connectivity index (χ0) is 18.5. The van der Waals surface area contributed by atoms with Gasteiger partial charge in [-0.15, -0.1) is 0 Å². The first-order valence-electron chi connectivity index (χ1n) is 8.51. The number of hydrogen-bond acceptors (Lipinski definition) is 5. The van der Waals surface area contributed by atoms with Gasteiger partial charge >= 0.3 is 5.97 Å². The van der Waals surface area contributed by atoms with Crippen LogP contribution in [-0.2, 0) is 22.4 Å². The summed E-state index contributed by atoms with van der Waals surface area (Å²) in [5.74, 6) is 1.13. The summed E-state index contributed by atoms with van der Waals surface area (Å²) in [4.78, 5) is 12.2. The summed E-state index contributed by atoms with van der Waals surface area (Å²) in [5.41, 5.74) is 2.73. The Morgan fingerprint density at radius 1 is 1.04 bits per heavy atom. The van der Waals surface area contributed by atoms with E-state index in [1.807, 2.05) is 30.3 Å². The van der Waals surface area contributed by atoms with Gasteiger partial charge in [-0.3, -0.25) is 4.79 Å². The largest absolute Gasteiger partial charge is 0.493 e. The van der Waals surface area contributed by atoms with Crippen molar-refractivity contribution < 1.29 is 19.0 Å². The van der Waals surface area contributed by atoms with Gasteiger partial charge in [0.1, 0.15) is 0 Å². The van der Waals surface area contributed by atoms with Crippen LogP contribution in [-0.4, -0.2) is 26.8 Å². The number of nitrogens with zero attached hydrogens (tertiary/aromatic N) is 1. The minimum absolute atomic E-state index is 0.108. The zero-order valence-electron chi connectivity index (χ0n) is 14.9. The van der Waals surface area contributed by atoms with Crippen molar-refractivity contribution in [1.82, 2.24) is 0 Å². The quantitative estimate of drug-likeness (QED) is 0.748. The molecule has 3 rings (SSSR count). The van der Waals surface area contributed by atoms with Crippen molar-refractivity contribution in [1.29, 1.82) is 5.26 Å². The fraction of sp³-hybridized carbons (Fsp3) is 0.333. The number of cyclic esters (lactones) is 1. The summed E-state index contributed by atoms with van der Waals surface area (Å²) in [6.07, 6.45) is 1.34. The highest BCUT2D eigenvalue weighted by atomic mass is 16.5. The van der Waals surface area contributed by atoms with E-state index in [-0.39, 0.29) is 17.8 Å². The van der Waals surface area contributed by atoms with Crippen LogP contribution < -0.4 is 9.47 Å². The van der Waals surface area contributed by atoms with Gasteiger partial charge in [-0.2, -0.15) is 5.26 Å². The Balaban J connectivity index is 1.74. The maximum atomic E-state index is 12.2. The summed E-state index contributed by atoms with van der Waals surface area (Å²) in [5, 5.41) is 8.90. The smallest absolute Gasteiger partial charge is 0.309 e. The highest BCUT2D eigenvalue weighted by Gasteiger charge is 2.36. The lowest BCUT2D eigenvalue weighted by Crippen LogP contribution is -2.20. The maximum absolute atomic E-state index is 12.2. The summed E-state index contributed by atoms with van der Waals surface area (Å²) < 4.78 is 15.9. The molecule has 134 valence electrons. The van der Waals surface area contributed by atoms with Crippen LogP contribution in [0, 0.1) is 23.2 Å². The normalized spacial score (nSPS) is 18.9. The molecule has 1 saturated heterocycles. The summed E-state index contributed by atoms with van der Waals surface area (Å²) in [7, 11) is 3.21. The fourth-order valence-corrected chi connectivity index (χ4v) is 3.34. The number of carbonyl (C=O) groups excluding carboxylic acids is 1. The molecule has 1 heterocycles. The Morgan fingerprint density at radius 2 is 1.73 bits per heavy atom. The van der Waals surface area contributed by atoms with Crippen molar-refractivity contribution in [2.24, 2.45) is 11.8 Å². The zero-order valence-corrected chi connectivity index (χ0v) is 14.9. The number of hydrogen-bond donors (Lipinski definition) is 0. The molecular weight excluding hydrogens is 330 g/mol. The van der Waals surface area contributed by atoms with Gasteiger partial charge in [0, 0.05) is 5.92 Å². The van der Waals surface area contributed by atoms with E-state index in [9.17, 15) is 4.79 Å². The predicted molar refractivity (Wildman–Crippen MR) is 96.1 cm³/mol. The van der Waals surface area contributed by atoms with Crippen molar-refractivity contribution in [3.63, 3.8) is 0 Å². The average molecular weight is 351 g/mol. The third-order valence-corrected chi connectivity index (χ3v) is 4.80. The Bertz CT molecular complexity index is 823. The summed E-state index contributed by atoms with van der Waals surface area (Å²) in [6.45, 7) is 0.425. The summed E-state index contributed by atoms with van der Waals surface area (Å²) >= 11 is 0. The van der Waals surface area contributed by atoms with Crippen LogP contribution in [0.4, 0.5) is 0 Å². The molecule has 0 aliphatic carbocycles. The molecule has 0 saturated carbocycles. The SMILES string of the molecule is COc1ccc(C[C@H]2COC(=O)[C@@H]2Cc2ccc(C#N)cc2)cc1OC. The molecule has 1 aliphatic rings. The van der Waals surface area contributed by atoms with Crippen molar-refractivity contribution in [3.05, 3.63) is 59.2 Å². The lowest BCUT2D eigenvalue weighted by molar-refractivity contribution is -0.141. The van der Waals surface area contributed by atoms with Crippen LogP contribution >= 0.6 is 0 Å². The van der Waals surface area contributed by atoms with Crippen LogP contribution in [0.3, 0.4) is 0 Å². The molecule has 2 atom stereocenters. The lowest BCUT2D eigenvalue weighted by Gasteiger charge is -2.16. The van der Waals surface area contributed by atoms with Crippen LogP contribution in [0.5, 0.6) is 11.5 Å². The second kappa shape index (κ2) is 7.92. The van der Waals surface area contributed by atoms with E-state index in [4.69, 9.17) is 19.5 Å². The lowest BCUT2D eigenvalue weighted by atomic mass is 9.85. The van der Waals surface area contributed by atoms with Gasteiger partial charge in [0.15, 0.2) is 11.5 Å². The third kappa shape index (κ3) is 3.80. The second-order valence-electron chi connectivity index (χ2n) is 6.40. The highest BCUT2D eigenvalue weighted by Crippen LogP contribution is 2.32. The number of esters is 1.